The molecular formula is C19H27N3O2. The highest BCUT2D eigenvalue weighted by molar-refractivity contribution is 5.94. The second kappa shape index (κ2) is 6.77. The lowest BCUT2D eigenvalue weighted by Crippen LogP contribution is -2.41. The third kappa shape index (κ3) is 3.51. The first-order chi connectivity index (χ1) is 11.1. The van der Waals surface area contributed by atoms with Crippen molar-refractivity contribution in [1.82, 2.24) is 4.90 Å². The lowest BCUT2D eigenvalue weighted by Gasteiger charge is -2.26. The van der Waals surface area contributed by atoms with Crippen LogP contribution in [0.15, 0.2) is 36.0 Å². The number of rotatable bonds is 6. The van der Waals surface area contributed by atoms with Crippen molar-refractivity contribution in [2.24, 2.45) is 5.73 Å². The summed E-state index contributed by atoms with van der Waals surface area (Å²) in [5.74, 6) is -0.442. The zero-order valence-corrected chi connectivity index (χ0v) is 15.2. The minimum atomic E-state index is -0.421. The van der Waals surface area contributed by atoms with E-state index in [0.717, 1.165) is 11.4 Å². The molecule has 130 valence electrons. The Morgan fingerprint density at radius 2 is 1.88 bits per heavy atom. The minimum absolute atomic E-state index is 0.0207. The second-order valence-corrected chi connectivity index (χ2v) is 7.16. The van der Waals surface area contributed by atoms with E-state index in [0.29, 0.717) is 0 Å². The van der Waals surface area contributed by atoms with Gasteiger partial charge in [-0.05, 0) is 25.5 Å². The van der Waals surface area contributed by atoms with Crippen LogP contribution in [-0.2, 0) is 15.0 Å². The fourth-order valence-electron chi connectivity index (χ4n) is 3.28. The number of primary amides is 1. The SMILES string of the molecule is CC(C)N(CC(N)=O)CC(=O)C=C1N(C)c2ccccc2C1(C)C. The number of fused-ring (bicyclic) bond motifs is 1. The first-order valence-corrected chi connectivity index (χ1v) is 8.25. The fraction of sp³-hybridized carbons (Fsp3) is 0.474. The van der Waals surface area contributed by atoms with Crippen molar-refractivity contribution in [2.45, 2.75) is 39.2 Å². The molecular weight excluding hydrogens is 302 g/mol. The van der Waals surface area contributed by atoms with E-state index >= 15 is 0 Å². The van der Waals surface area contributed by atoms with E-state index in [1.807, 2.05) is 33.0 Å². The molecule has 1 aliphatic rings. The van der Waals surface area contributed by atoms with Crippen LogP contribution >= 0.6 is 0 Å². The zero-order chi connectivity index (χ0) is 18.1. The molecule has 0 spiro atoms. The van der Waals surface area contributed by atoms with Gasteiger partial charge in [0.25, 0.3) is 0 Å². The zero-order valence-electron chi connectivity index (χ0n) is 15.2. The van der Waals surface area contributed by atoms with Crippen LogP contribution in [0.4, 0.5) is 5.69 Å². The summed E-state index contributed by atoms with van der Waals surface area (Å²) in [5.41, 5.74) is 8.35. The standard InChI is InChI=1S/C19H27N3O2/c1-13(2)22(12-18(20)24)11-14(23)10-17-19(3,4)15-8-6-7-9-16(15)21(17)5/h6-10,13H,11-12H2,1-5H3,(H2,20,24). The normalized spacial score (nSPS) is 17.6. The van der Waals surface area contributed by atoms with Crippen LogP contribution < -0.4 is 10.6 Å². The van der Waals surface area contributed by atoms with E-state index in [-0.39, 0.29) is 30.3 Å². The first kappa shape index (κ1) is 18.2. The Labute approximate surface area is 144 Å². The fourth-order valence-corrected chi connectivity index (χ4v) is 3.28. The smallest absolute Gasteiger partial charge is 0.231 e. The van der Waals surface area contributed by atoms with Crippen LogP contribution in [-0.4, -0.2) is 42.8 Å². The Morgan fingerprint density at radius 1 is 1.25 bits per heavy atom. The third-order valence-electron chi connectivity index (χ3n) is 4.69. The second-order valence-electron chi connectivity index (χ2n) is 7.16. The summed E-state index contributed by atoms with van der Waals surface area (Å²) in [6.45, 7) is 8.42. The lowest BCUT2D eigenvalue weighted by molar-refractivity contribution is -0.121. The maximum Gasteiger partial charge on any atom is 0.231 e. The maximum atomic E-state index is 12.6. The summed E-state index contributed by atoms with van der Waals surface area (Å²) in [5, 5.41) is 0. The van der Waals surface area contributed by atoms with Gasteiger partial charge in [-0.1, -0.05) is 32.0 Å². The topological polar surface area (TPSA) is 66.6 Å². The predicted molar refractivity (Wildman–Crippen MR) is 96.9 cm³/mol. The highest BCUT2D eigenvalue weighted by Gasteiger charge is 2.38. The molecule has 1 amide bonds. The van der Waals surface area contributed by atoms with Gasteiger partial charge >= 0.3 is 0 Å². The van der Waals surface area contributed by atoms with Crippen LogP contribution in [0.5, 0.6) is 0 Å². The van der Waals surface area contributed by atoms with Gasteiger partial charge in [-0.25, -0.2) is 0 Å². The van der Waals surface area contributed by atoms with Gasteiger partial charge in [-0.2, -0.15) is 0 Å². The Kier molecular flexibility index (Phi) is 5.13. The van der Waals surface area contributed by atoms with E-state index in [1.54, 1.807) is 11.0 Å². The van der Waals surface area contributed by atoms with Crippen molar-refractivity contribution in [3.63, 3.8) is 0 Å². The van der Waals surface area contributed by atoms with Gasteiger partial charge in [0.15, 0.2) is 5.78 Å². The van der Waals surface area contributed by atoms with Gasteiger partial charge in [0.1, 0.15) is 0 Å². The van der Waals surface area contributed by atoms with Gasteiger partial charge in [0.2, 0.25) is 5.91 Å². The molecule has 2 N–H and O–H groups in total. The van der Waals surface area contributed by atoms with Crippen molar-refractivity contribution in [3.05, 3.63) is 41.6 Å². The molecule has 0 aromatic heterocycles. The summed E-state index contributed by atoms with van der Waals surface area (Å²) in [4.78, 5) is 27.6. The van der Waals surface area contributed by atoms with E-state index in [9.17, 15) is 9.59 Å². The van der Waals surface area contributed by atoms with Gasteiger partial charge in [0, 0.05) is 36.0 Å². The summed E-state index contributed by atoms with van der Waals surface area (Å²) in [6, 6.07) is 8.27. The molecule has 1 aromatic carbocycles. The molecule has 0 unspecified atom stereocenters. The number of amides is 1. The Hall–Kier alpha value is -2.14. The van der Waals surface area contributed by atoms with Crippen LogP contribution in [0.25, 0.3) is 0 Å². The summed E-state index contributed by atoms with van der Waals surface area (Å²) < 4.78 is 0. The monoisotopic (exact) mass is 329 g/mol. The quantitative estimate of drug-likeness (QED) is 0.811. The van der Waals surface area contributed by atoms with Gasteiger partial charge in [-0.3, -0.25) is 14.5 Å². The van der Waals surface area contributed by atoms with Crippen molar-refractivity contribution in [3.8, 4) is 0 Å². The van der Waals surface area contributed by atoms with Crippen LogP contribution in [0.1, 0.15) is 33.3 Å². The molecule has 0 saturated carbocycles. The number of nitrogens with zero attached hydrogens (tertiary/aromatic N) is 2. The number of likely N-dealkylation sites (N-methyl/N-ethyl adjacent to an activating group) is 1. The van der Waals surface area contributed by atoms with Gasteiger partial charge in [-0.15, -0.1) is 0 Å². The third-order valence-corrected chi connectivity index (χ3v) is 4.69. The van der Waals surface area contributed by atoms with Crippen molar-refractivity contribution in [1.29, 1.82) is 0 Å². The minimum Gasteiger partial charge on any atom is -0.369 e. The molecule has 0 aliphatic carbocycles. The number of hydrogen-bond acceptors (Lipinski definition) is 4. The lowest BCUT2D eigenvalue weighted by atomic mass is 9.83. The average molecular weight is 329 g/mol. The molecule has 5 nitrogen and oxygen atoms in total. The highest BCUT2D eigenvalue weighted by atomic mass is 16.1. The number of ketones is 1. The largest absolute Gasteiger partial charge is 0.369 e. The van der Waals surface area contributed by atoms with Gasteiger partial charge in [0.05, 0.1) is 13.1 Å². The van der Waals surface area contributed by atoms with Crippen molar-refractivity contribution in [2.75, 3.05) is 25.0 Å². The Balaban J connectivity index is 2.25. The number of nitrogens with two attached hydrogens (primary N) is 1. The number of carbonyl (C=O) groups excluding carboxylic acids is 2. The highest BCUT2D eigenvalue weighted by Crippen LogP contribution is 2.46. The predicted octanol–water partition coefficient (Wildman–Crippen LogP) is 2.06. The molecule has 0 atom stereocenters. The van der Waals surface area contributed by atoms with E-state index in [4.69, 9.17) is 5.73 Å². The van der Waals surface area contributed by atoms with Crippen molar-refractivity contribution < 1.29 is 9.59 Å². The van der Waals surface area contributed by atoms with Gasteiger partial charge < -0.3 is 10.6 Å². The average Bonchev–Trinajstić information content (AvgIpc) is 2.68. The number of allylic oxidation sites excluding steroid dienone is 1. The molecule has 1 aliphatic heterocycles. The molecule has 5 heteroatoms. The van der Waals surface area contributed by atoms with E-state index < -0.39 is 5.91 Å². The number of hydrogen-bond donors (Lipinski definition) is 1. The summed E-state index contributed by atoms with van der Waals surface area (Å²) in [7, 11) is 1.98. The molecule has 0 radical (unpaired) electrons. The number of benzene rings is 1. The Bertz CT molecular complexity index is 677. The number of anilines is 1. The van der Waals surface area contributed by atoms with E-state index in [2.05, 4.69) is 30.9 Å². The van der Waals surface area contributed by atoms with Crippen molar-refractivity contribution >= 4 is 17.4 Å². The molecule has 0 saturated heterocycles. The Morgan fingerprint density at radius 3 is 2.42 bits per heavy atom. The summed E-state index contributed by atoms with van der Waals surface area (Å²) >= 11 is 0. The van der Waals surface area contributed by atoms with Crippen LogP contribution in [0.2, 0.25) is 0 Å². The molecule has 1 heterocycles. The van der Waals surface area contributed by atoms with Crippen LogP contribution in [0, 0.1) is 0 Å². The number of carbonyl (C=O) groups is 2. The molecule has 0 fully saturated rings. The summed E-state index contributed by atoms with van der Waals surface area (Å²) in [6.07, 6.45) is 1.70. The van der Waals surface area contributed by atoms with E-state index in [1.165, 1.54) is 5.56 Å². The molecule has 2 rings (SSSR count). The molecule has 24 heavy (non-hydrogen) atoms. The van der Waals surface area contributed by atoms with Crippen LogP contribution in [0.3, 0.4) is 0 Å². The maximum absolute atomic E-state index is 12.6. The first-order valence-electron chi connectivity index (χ1n) is 8.25. The molecule has 0 bridgehead atoms. The molecule has 1 aromatic rings. The number of para-hydroxylation sites is 1.